The number of aromatic nitrogens is 4. The molecule has 1 amide bonds. The second-order valence-corrected chi connectivity index (χ2v) is 13.3. The predicted octanol–water partition coefficient (Wildman–Crippen LogP) is 5.32. The van der Waals surface area contributed by atoms with Crippen LogP contribution in [0.3, 0.4) is 0 Å². The second kappa shape index (κ2) is 11.1. The number of H-pyrrole nitrogens is 1. The van der Waals surface area contributed by atoms with Gasteiger partial charge < -0.3 is 19.1 Å². The van der Waals surface area contributed by atoms with E-state index in [0.717, 1.165) is 22.5 Å². The molecule has 0 spiro atoms. The molecule has 242 valence electrons. The zero-order valence-corrected chi connectivity index (χ0v) is 28.0. The summed E-state index contributed by atoms with van der Waals surface area (Å²) in [6.45, 7) is 15.2. The molecule has 4 aromatic heterocycles. The monoisotopic (exact) mass is 653 g/mol. The van der Waals surface area contributed by atoms with E-state index in [-0.39, 0.29) is 29.5 Å². The van der Waals surface area contributed by atoms with Gasteiger partial charge in [0.15, 0.2) is 11.2 Å². The third-order valence-corrected chi connectivity index (χ3v) is 9.75. The van der Waals surface area contributed by atoms with E-state index in [4.69, 9.17) is 26.0 Å². The van der Waals surface area contributed by atoms with Gasteiger partial charge in [-0.2, -0.15) is 0 Å². The Bertz CT molecular complexity index is 2250. The summed E-state index contributed by atoms with van der Waals surface area (Å²) in [6, 6.07) is 7.20. The average molecular weight is 654 g/mol. The highest BCUT2D eigenvalue weighted by Crippen LogP contribution is 2.44. The smallest absolute Gasteiger partial charge is 0.407 e. The van der Waals surface area contributed by atoms with Gasteiger partial charge in [-0.15, -0.1) is 0 Å². The van der Waals surface area contributed by atoms with E-state index in [0.29, 0.717) is 69.4 Å². The molecular formula is C35H36ClN7O4. The van der Waals surface area contributed by atoms with Crippen molar-refractivity contribution >= 4 is 51.0 Å². The number of anilines is 2. The Morgan fingerprint density at radius 3 is 2.60 bits per heavy atom. The van der Waals surface area contributed by atoms with Gasteiger partial charge in [0, 0.05) is 49.9 Å². The molecule has 2 unspecified atom stereocenters. The molecule has 12 heteroatoms. The quantitative estimate of drug-likeness (QED) is 0.259. The maximum atomic E-state index is 15.0. The molecular weight excluding hydrogens is 618 g/mol. The number of nitrogens with one attached hydrogen (secondary N) is 1. The van der Waals surface area contributed by atoms with Gasteiger partial charge in [0.25, 0.3) is 5.56 Å². The number of benzene rings is 1. The summed E-state index contributed by atoms with van der Waals surface area (Å²) in [5, 5.41) is 1.04. The summed E-state index contributed by atoms with van der Waals surface area (Å²) in [4.78, 5) is 58.7. The van der Waals surface area contributed by atoms with Crippen LogP contribution in [0.1, 0.15) is 43.5 Å². The largest absolute Gasteiger partial charge is 0.417 e. The lowest BCUT2D eigenvalue weighted by Crippen LogP contribution is -2.64. The van der Waals surface area contributed by atoms with Gasteiger partial charge in [0.05, 0.1) is 39.3 Å². The Hall–Kier alpha value is -4.90. The van der Waals surface area contributed by atoms with Crippen LogP contribution in [0.5, 0.6) is 0 Å². The Morgan fingerprint density at radius 1 is 1.11 bits per heavy atom. The van der Waals surface area contributed by atoms with E-state index in [1.165, 1.54) is 6.08 Å². The van der Waals surface area contributed by atoms with Gasteiger partial charge in [-0.25, -0.2) is 9.78 Å². The number of carbonyl (C=O) groups is 1. The Labute approximate surface area is 276 Å². The number of carbonyl (C=O) groups excluding carboxylic acids is 1. The van der Waals surface area contributed by atoms with Crippen LogP contribution in [-0.4, -0.2) is 69.1 Å². The molecule has 0 radical (unpaired) electrons. The van der Waals surface area contributed by atoms with Crippen LogP contribution >= 0.6 is 11.6 Å². The molecule has 11 nitrogen and oxygen atoms in total. The number of piperazine rings is 1. The van der Waals surface area contributed by atoms with E-state index in [1.807, 2.05) is 69.7 Å². The summed E-state index contributed by atoms with van der Waals surface area (Å²) in [5.41, 5.74) is 6.38. The molecule has 1 fully saturated rings. The minimum Gasteiger partial charge on any atom is -0.407 e. The van der Waals surface area contributed by atoms with Crippen LogP contribution in [0.4, 0.5) is 11.4 Å². The molecule has 6 heterocycles. The van der Waals surface area contributed by atoms with Crippen molar-refractivity contribution in [1.29, 1.82) is 0 Å². The fraction of sp³-hybridized carbons (Fsp3) is 0.343. The van der Waals surface area contributed by atoms with Gasteiger partial charge in [-0.3, -0.25) is 24.1 Å². The molecule has 0 bridgehead atoms. The highest BCUT2D eigenvalue weighted by molar-refractivity contribution is 6.34. The van der Waals surface area contributed by atoms with Crippen molar-refractivity contribution in [2.75, 3.05) is 36.5 Å². The van der Waals surface area contributed by atoms with Crippen LogP contribution in [0.15, 0.2) is 57.1 Å². The predicted molar refractivity (Wildman–Crippen MR) is 185 cm³/mol. The van der Waals surface area contributed by atoms with Crippen molar-refractivity contribution in [3.05, 3.63) is 85.9 Å². The summed E-state index contributed by atoms with van der Waals surface area (Å²) >= 11 is 7.15. The number of hydrogen-bond acceptors (Lipinski definition) is 8. The van der Waals surface area contributed by atoms with Gasteiger partial charge >= 0.3 is 5.76 Å². The Morgan fingerprint density at radius 2 is 1.87 bits per heavy atom. The molecule has 2 atom stereocenters. The van der Waals surface area contributed by atoms with Crippen molar-refractivity contribution in [1.82, 2.24) is 24.4 Å². The van der Waals surface area contributed by atoms with E-state index in [1.54, 1.807) is 16.8 Å². The molecule has 47 heavy (non-hydrogen) atoms. The SMILES string of the molecule is C=CC(=O)N1CC2CN(C)c3c(c4cc(Cl)c(-c5c(C)ccc6[nH]c(=O)oc56)nc4n(-c4c(C)ccnc4C(C)C)c3=O)N2CC1C. The van der Waals surface area contributed by atoms with E-state index in [9.17, 15) is 9.59 Å². The summed E-state index contributed by atoms with van der Waals surface area (Å²) in [5.74, 6) is -0.688. The lowest BCUT2D eigenvalue weighted by molar-refractivity contribution is -0.128. The van der Waals surface area contributed by atoms with Crippen molar-refractivity contribution in [2.45, 2.75) is 52.6 Å². The average Bonchev–Trinajstić information content (AvgIpc) is 3.41. The zero-order chi connectivity index (χ0) is 33.5. The number of fused-ring (bicyclic) bond motifs is 6. The highest BCUT2D eigenvalue weighted by atomic mass is 35.5. The number of likely N-dealkylation sites (N-methyl/N-ethyl adjacent to an activating group) is 1. The van der Waals surface area contributed by atoms with Gasteiger partial charge in [0.2, 0.25) is 5.91 Å². The standard InChI is InChI=1S/C35H36ClN7O4/c1-8-25(44)41-16-21-15-40(7)31-30(42(21)14-20(41)6)22-13-23(36)28(26-18(4)9-10-24-32(26)47-35(46)38-24)39-33(22)43(34(31)45)29-19(5)11-12-37-27(29)17(2)3/h8-13,17,20-21H,1,14-16H2,2-7H3,(H,38,46). The molecule has 0 aliphatic carbocycles. The maximum Gasteiger partial charge on any atom is 0.417 e. The van der Waals surface area contributed by atoms with E-state index in [2.05, 4.69) is 16.5 Å². The molecule has 5 aromatic rings. The Kier molecular flexibility index (Phi) is 7.27. The Balaban J connectivity index is 1.60. The fourth-order valence-corrected chi connectivity index (χ4v) is 7.51. The van der Waals surface area contributed by atoms with E-state index >= 15 is 4.79 Å². The summed E-state index contributed by atoms with van der Waals surface area (Å²) < 4.78 is 7.27. The maximum absolute atomic E-state index is 15.0. The topological polar surface area (TPSA) is 121 Å². The van der Waals surface area contributed by atoms with Gasteiger partial charge in [-0.1, -0.05) is 38.1 Å². The number of aromatic amines is 1. The number of halogens is 1. The number of aryl methyl sites for hydroxylation is 2. The second-order valence-electron chi connectivity index (χ2n) is 12.9. The number of hydrogen-bond donors (Lipinski definition) is 1. The van der Waals surface area contributed by atoms with Crippen molar-refractivity contribution in [3.8, 4) is 16.9 Å². The normalized spacial score (nSPS) is 17.8. The molecule has 1 saturated heterocycles. The lowest BCUT2D eigenvalue weighted by Gasteiger charge is -2.51. The van der Waals surface area contributed by atoms with Crippen LogP contribution < -0.4 is 21.1 Å². The lowest BCUT2D eigenvalue weighted by atomic mass is 9.98. The van der Waals surface area contributed by atoms with Crippen molar-refractivity contribution < 1.29 is 9.21 Å². The zero-order valence-electron chi connectivity index (χ0n) is 27.2. The van der Waals surface area contributed by atoms with Gasteiger partial charge in [-0.05, 0) is 62.1 Å². The fourth-order valence-electron chi connectivity index (χ4n) is 7.27. The number of oxazole rings is 1. The molecule has 0 saturated carbocycles. The number of nitrogens with zero attached hydrogens (tertiary/aromatic N) is 6. The number of pyridine rings is 3. The first-order chi connectivity index (χ1) is 22.4. The van der Waals surface area contributed by atoms with Crippen molar-refractivity contribution in [2.24, 2.45) is 0 Å². The summed E-state index contributed by atoms with van der Waals surface area (Å²) in [6.07, 6.45) is 3.11. The van der Waals surface area contributed by atoms with Gasteiger partial charge in [0.1, 0.15) is 5.69 Å². The highest BCUT2D eigenvalue weighted by Gasteiger charge is 2.41. The minimum atomic E-state index is -0.584. The third-order valence-electron chi connectivity index (χ3n) is 9.46. The summed E-state index contributed by atoms with van der Waals surface area (Å²) in [7, 11) is 1.91. The van der Waals surface area contributed by atoms with Crippen LogP contribution in [-0.2, 0) is 4.79 Å². The molecule has 1 N–H and O–H groups in total. The van der Waals surface area contributed by atoms with Crippen LogP contribution in [0.2, 0.25) is 5.02 Å². The first-order valence-electron chi connectivity index (χ1n) is 15.7. The molecule has 1 aromatic carbocycles. The number of rotatable bonds is 4. The van der Waals surface area contributed by atoms with Crippen LogP contribution in [0, 0.1) is 13.8 Å². The molecule has 7 rings (SSSR count). The first-order valence-corrected chi connectivity index (χ1v) is 16.1. The molecule has 2 aliphatic heterocycles. The first kappa shape index (κ1) is 30.7. The molecule has 2 aliphatic rings. The van der Waals surface area contributed by atoms with Crippen LogP contribution in [0.25, 0.3) is 39.1 Å². The van der Waals surface area contributed by atoms with E-state index < -0.39 is 5.76 Å². The number of amides is 1. The third kappa shape index (κ3) is 4.66. The minimum absolute atomic E-state index is 0.0122. The van der Waals surface area contributed by atoms with Crippen molar-refractivity contribution in [3.63, 3.8) is 0 Å².